The summed E-state index contributed by atoms with van der Waals surface area (Å²) in [5, 5.41) is 4.76. The third-order valence-corrected chi connectivity index (χ3v) is 7.33. The van der Waals surface area contributed by atoms with E-state index >= 15 is 0 Å². The van der Waals surface area contributed by atoms with Crippen LogP contribution >= 0.6 is 24.0 Å². The number of hydrogen-bond acceptors (Lipinski definition) is 7. The van der Waals surface area contributed by atoms with E-state index in [0.717, 1.165) is 22.0 Å². The summed E-state index contributed by atoms with van der Waals surface area (Å²) in [5.74, 6) is 0.849. The van der Waals surface area contributed by atoms with Gasteiger partial charge in [-0.25, -0.2) is 0 Å². The van der Waals surface area contributed by atoms with E-state index in [1.165, 1.54) is 26.0 Å². The van der Waals surface area contributed by atoms with Gasteiger partial charge in [-0.2, -0.15) is 0 Å². The lowest BCUT2D eigenvalue weighted by molar-refractivity contribution is -0.118. The van der Waals surface area contributed by atoms with Crippen molar-refractivity contribution in [1.29, 1.82) is 0 Å². The molecule has 4 aromatic carbocycles. The molecule has 0 spiro atoms. The van der Waals surface area contributed by atoms with Crippen LogP contribution in [0.2, 0.25) is 0 Å². The van der Waals surface area contributed by atoms with Crippen LogP contribution in [-0.4, -0.2) is 37.0 Å². The molecule has 4 aromatic rings. The van der Waals surface area contributed by atoms with Crippen molar-refractivity contribution in [2.24, 2.45) is 0 Å². The van der Waals surface area contributed by atoms with E-state index in [1.54, 1.807) is 47.4 Å². The molecule has 0 aliphatic carbocycles. The molecule has 0 unspecified atom stereocenters. The highest BCUT2D eigenvalue weighted by Crippen LogP contribution is 2.39. The van der Waals surface area contributed by atoms with Gasteiger partial charge in [0, 0.05) is 5.39 Å². The molecule has 0 radical (unpaired) electrons. The van der Waals surface area contributed by atoms with Crippen molar-refractivity contribution in [1.82, 2.24) is 0 Å². The number of thioether (sulfide) groups is 1. The Morgan fingerprint density at radius 1 is 0.923 bits per heavy atom. The van der Waals surface area contributed by atoms with Gasteiger partial charge in [-0.05, 0) is 47.4 Å². The fourth-order valence-electron chi connectivity index (χ4n) is 4.20. The fraction of sp³-hybridized carbons (Fsp3) is 0.100. The summed E-state index contributed by atoms with van der Waals surface area (Å²) in [6, 6.07) is 26.1. The highest BCUT2D eigenvalue weighted by molar-refractivity contribution is 8.27. The van der Waals surface area contributed by atoms with Gasteiger partial charge in [0.05, 0.1) is 30.5 Å². The quantitative estimate of drug-likeness (QED) is 0.202. The van der Waals surface area contributed by atoms with Crippen molar-refractivity contribution in [3.63, 3.8) is 0 Å². The molecule has 0 bridgehead atoms. The first-order valence-corrected chi connectivity index (χ1v) is 13.2. The van der Waals surface area contributed by atoms with Crippen LogP contribution in [0.5, 0.6) is 17.2 Å². The van der Waals surface area contributed by atoms with Gasteiger partial charge in [-0.3, -0.25) is 14.5 Å². The van der Waals surface area contributed by atoms with Gasteiger partial charge in [0.2, 0.25) is 0 Å². The Labute approximate surface area is 235 Å². The molecule has 2 amide bonds. The van der Waals surface area contributed by atoms with Gasteiger partial charge in [-0.1, -0.05) is 78.6 Å². The van der Waals surface area contributed by atoms with Crippen LogP contribution < -0.4 is 24.4 Å². The van der Waals surface area contributed by atoms with Gasteiger partial charge < -0.3 is 19.5 Å². The summed E-state index contributed by atoms with van der Waals surface area (Å²) in [6.45, 7) is -0.225. The average molecular weight is 557 g/mol. The summed E-state index contributed by atoms with van der Waals surface area (Å²) in [7, 11) is 3.05. The monoisotopic (exact) mass is 556 g/mol. The average Bonchev–Trinajstić information content (AvgIpc) is 3.23. The summed E-state index contributed by atoms with van der Waals surface area (Å²) in [5.41, 5.74) is 2.04. The summed E-state index contributed by atoms with van der Waals surface area (Å²) < 4.78 is 16.9. The van der Waals surface area contributed by atoms with Crippen LogP contribution in [0.3, 0.4) is 0 Å². The van der Waals surface area contributed by atoms with Gasteiger partial charge in [0.1, 0.15) is 5.75 Å². The minimum atomic E-state index is -0.345. The van der Waals surface area contributed by atoms with Crippen molar-refractivity contribution >= 4 is 68.3 Å². The number of nitrogens with zero attached hydrogens (tertiary/aromatic N) is 1. The zero-order valence-corrected chi connectivity index (χ0v) is 22.8. The number of nitrogens with one attached hydrogen (secondary N) is 1. The Hall–Kier alpha value is -4.34. The van der Waals surface area contributed by atoms with Gasteiger partial charge in [-0.15, -0.1) is 0 Å². The fourth-order valence-corrected chi connectivity index (χ4v) is 5.49. The SMILES string of the molecule is COc1ccccc1NC(=O)COc1ccc(/C=C2/SC(=S)N(c3cccc4ccccc34)C2=O)cc1OC. The smallest absolute Gasteiger partial charge is 0.270 e. The maximum Gasteiger partial charge on any atom is 0.270 e. The van der Waals surface area contributed by atoms with Crippen molar-refractivity contribution in [2.45, 2.75) is 0 Å². The van der Waals surface area contributed by atoms with E-state index in [2.05, 4.69) is 5.32 Å². The third kappa shape index (κ3) is 5.59. The highest BCUT2D eigenvalue weighted by atomic mass is 32.2. The first-order chi connectivity index (χ1) is 19.0. The number of carbonyl (C=O) groups excluding carboxylic acids is 2. The Bertz CT molecular complexity index is 1610. The molecule has 1 aliphatic rings. The normalized spacial score (nSPS) is 14.1. The van der Waals surface area contributed by atoms with Gasteiger partial charge >= 0.3 is 0 Å². The Balaban J connectivity index is 1.31. The molecule has 39 heavy (non-hydrogen) atoms. The second-order valence-corrected chi connectivity index (χ2v) is 10.1. The minimum absolute atomic E-state index is 0.186. The van der Waals surface area contributed by atoms with Crippen molar-refractivity contribution in [3.05, 3.63) is 95.4 Å². The molecular formula is C30H24N2O5S2. The molecule has 1 aliphatic heterocycles. The predicted octanol–water partition coefficient (Wildman–Crippen LogP) is 6.28. The number of fused-ring (bicyclic) bond motifs is 1. The van der Waals surface area contributed by atoms with E-state index in [9.17, 15) is 9.59 Å². The van der Waals surface area contributed by atoms with Crippen molar-refractivity contribution in [2.75, 3.05) is 31.0 Å². The lowest BCUT2D eigenvalue weighted by atomic mass is 10.1. The van der Waals surface area contributed by atoms with Gasteiger partial charge in [0.25, 0.3) is 11.8 Å². The maximum atomic E-state index is 13.4. The van der Waals surface area contributed by atoms with Crippen LogP contribution in [0.15, 0.2) is 89.8 Å². The lowest BCUT2D eigenvalue weighted by Crippen LogP contribution is -2.27. The third-order valence-electron chi connectivity index (χ3n) is 6.03. The number of para-hydroxylation sites is 2. The Kier molecular flexibility index (Phi) is 7.81. The zero-order chi connectivity index (χ0) is 27.4. The molecule has 9 heteroatoms. The molecule has 196 valence electrons. The molecule has 1 saturated heterocycles. The number of ether oxygens (including phenoxy) is 3. The zero-order valence-electron chi connectivity index (χ0n) is 21.2. The van der Waals surface area contributed by atoms with Crippen LogP contribution in [0.25, 0.3) is 16.8 Å². The number of hydrogen-bond donors (Lipinski definition) is 1. The molecule has 1 heterocycles. The van der Waals surface area contributed by atoms with Crippen molar-refractivity contribution in [3.8, 4) is 17.2 Å². The molecule has 5 rings (SSSR count). The Morgan fingerprint density at radius 3 is 2.49 bits per heavy atom. The topological polar surface area (TPSA) is 77.1 Å². The van der Waals surface area contributed by atoms with Crippen LogP contribution in [0.4, 0.5) is 11.4 Å². The van der Waals surface area contributed by atoms with E-state index in [-0.39, 0.29) is 18.4 Å². The highest BCUT2D eigenvalue weighted by Gasteiger charge is 2.34. The molecule has 0 atom stereocenters. The number of methoxy groups -OCH3 is 2. The number of rotatable bonds is 8. The van der Waals surface area contributed by atoms with E-state index in [1.807, 2.05) is 48.5 Å². The number of anilines is 2. The van der Waals surface area contributed by atoms with Crippen LogP contribution in [-0.2, 0) is 9.59 Å². The van der Waals surface area contributed by atoms with Crippen LogP contribution in [0.1, 0.15) is 5.56 Å². The Morgan fingerprint density at radius 2 is 1.67 bits per heavy atom. The molecule has 0 aromatic heterocycles. The standard InChI is InChI=1S/C30H24N2O5S2/c1-35-24-13-6-5-11-22(24)31-28(33)18-37-25-15-14-19(16-26(25)36-2)17-27-29(34)32(30(38)39-27)23-12-7-9-20-8-3-4-10-21(20)23/h3-17H,18H2,1-2H3,(H,31,33)/b27-17+. The van der Waals surface area contributed by atoms with Crippen LogP contribution in [0, 0.1) is 0 Å². The van der Waals surface area contributed by atoms with Crippen molar-refractivity contribution < 1.29 is 23.8 Å². The molecular weight excluding hydrogens is 532 g/mol. The van der Waals surface area contributed by atoms with E-state index in [4.69, 9.17) is 26.4 Å². The molecule has 0 saturated carbocycles. The summed E-state index contributed by atoms with van der Waals surface area (Å²) in [6.07, 6.45) is 1.77. The number of carbonyl (C=O) groups is 2. The number of benzene rings is 4. The molecule has 1 fully saturated rings. The molecule has 1 N–H and O–H groups in total. The number of amides is 2. The minimum Gasteiger partial charge on any atom is -0.495 e. The predicted molar refractivity (Wildman–Crippen MR) is 160 cm³/mol. The second kappa shape index (κ2) is 11.6. The van der Waals surface area contributed by atoms with Gasteiger partial charge in [0.15, 0.2) is 22.4 Å². The largest absolute Gasteiger partial charge is 0.495 e. The number of thiocarbonyl (C=S) groups is 1. The second-order valence-electron chi connectivity index (χ2n) is 8.46. The summed E-state index contributed by atoms with van der Waals surface area (Å²) >= 11 is 6.83. The summed E-state index contributed by atoms with van der Waals surface area (Å²) in [4.78, 5) is 27.9. The molecule has 7 nitrogen and oxygen atoms in total. The maximum absolute atomic E-state index is 13.4. The first kappa shape index (κ1) is 26.3. The van der Waals surface area contributed by atoms with E-state index in [0.29, 0.717) is 32.2 Å². The van der Waals surface area contributed by atoms with E-state index < -0.39 is 0 Å². The first-order valence-electron chi connectivity index (χ1n) is 12.0. The lowest BCUT2D eigenvalue weighted by Gasteiger charge is -2.17.